The fourth-order valence-corrected chi connectivity index (χ4v) is 1.90. The fraction of sp³-hybridized carbons (Fsp3) is 0.273. The van der Waals surface area contributed by atoms with Crippen molar-refractivity contribution in [1.82, 2.24) is 5.16 Å². The van der Waals surface area contributed by atoms with Gasteiger partial charge < -0.3 is 14.0 Å². The van der Waals surface area contributed by atoms with Crippen molar-refractivity contribution in [3.63, 3.8) is 0 Å². The zero-order valence-electron chi connectivity index (χ0n) is 9.12. The molecule has 0 radical (unpaired) electrons. The van der Waals surface area contributed by atoms with Gasteiger partial charge in [-0.2, -0.15) is 0 Å². The molecule has 2 aromatic rings. The van der Waals surface area contributed by atoms with E-state index in [4.69, 9.17) is 14.0 Å². The van der Waals surface area contributed by atoms with E-state index in [2.05, 4.69) is 5.16 Å². The van der Waals surface area contributed by atoms with Gasteiger partial charge in [-0.15, -0.1) is 11.8 Å². The number of hydrogen-bond acceptors (Lipinski definition) is 5. The van der Waals surface area contributed by atoms with Crippen LogP contribution in [0.2, 0.25) is 0 Å². The first kappa shape index (κ1) is 11.8. The third-order valence-electron chi connectivity index (χ3n) is 2.15. The normalized spacial score (nSPS) is 12.5. The number of aromatic nitrogens is 1. The Balaban J connectivity index is 1.97. The number of furan rings is 1. The number of carboxylic acid groups (broad SMARTS) is 1. The molecular formula is C11H11NO4S. The first-order valence-electron chi connectivity index (χ1n) is 5.00. The van der Waals surface area contributed by atoms with Crippen LogP contribution >= 0.6 is 11.8 Å². The van der Waals surface area contributed by atoms with Crippen molar-refractivity contribution in [2.75, 3.05) is 0 Å². The van der Waals surface area contributed by atoms with Gasteiger partial charge >= 0.3 is 5.97 Å². The van der Waals surface area contributed by atoms with E-state index < -0.39 is 11.2 Å². The molecule has 0 aliphatic rings. The van der Waals surface area contributed by atoms with Crippen LogP contribution in [0.1, 0.15) is 12.6 Å². The van der Waals surface area contributed by atoms with Crippen LogP contribution in [0, 0.1) is 0 Å². The van der Waals surface area contributed by atoms with E-state index in [1.54, 1.807) is 31.4 Å². The third-order valence-corrected chi connectivity index (χ3v) is 3.32. The van der Waals surface area contributed by atoms with Crippen molar-refractivity contribution >= 4 is 17.7 Å². The summed E-state index contributed by atoms with van der Waals surface area (Å²) < 4.78 is 10.3. The number of thioether (sulfide) groups is 1. The number of nitrogens with zero attached hydrogens (tertiary/aromatic N) is 1. The molecule has 0 aliphatic heterocycles. The highest BCUT2D eigenvalue weighted by molar-refractivity contribution is 7.99. The molecule has 0 saturated heterocycles. The second-order valence-corrected chi connectivity index (χ2v) is 4.78. The Kier molecular flexibility index (Phi) is 3.53. The summed E-state index contributed by atoms with van der Waals surface area (Å²) in [6, 6.07) is 5.29. The highest BCUT2D eigenvalue weighted by Gasteiger charge is 2.14. The molecule has 90 valence electrons. The van der Waals surface area contributed by atoms with Crippen LogP contribution < -0.4 is 0 Å². The first-order chi connectivity index (χ1) is 8.16. The predicted molar refractivity (Wildman–Crippen MR) is 62.6 cm³/mol. The summed E-state index contributed by atoms with van der Waals surface area (Å²) in [6.07, 6.45) is 1.55. The minimum absolute atomic E-state index is 0.459. The second-order valence-electron chi connectivity index (χ2n) is 3.45. The van der Waals surface area contributed by atoms with Gasteiger partial charge in [0.15, 0.2) is 5.76 Å². The van der Waals surface area contributed by atoms with E-state index in [-0.39, 0.29) is 0 Å². The van der Waals surface area contributed by atoms with Crippen LogP contribution in [0.15, 0.2) is 33.4 Å². The molecule has 5 nitrogen and oxygen atoms in total. The van der Waals surface area contributed by atoms with Gasteiger partial charge in [-0.25, -0.2) is 0 Å². The fourth-order valence-electron chi connectivity index (χ4n) is 1.20. The van der Waals surface area contributed by atoms with Crippen LogP contribution in [-0.2, 0) is 10.5 Å². The van der Waals surface area contributed by atoms with E-state index in [1.807, 2.05) is 0 Å². The molecule has 1 N–H and O–H groups in total. The summed E-state index contributed by atoms with van der Waals surface area (Å²) in [5.74, 6) is 0.830. The Bertz CT molecular complexity index is 491. The number of aliphatic carboxylic acids is 1. The Morgan fingerprint density at radius 2 is 2.41 bits per heavy atom. The van der Waals surface area contributed by atoms with Crippen LogP contribution in [0.5, 0.6) is 0 Å². The van der Waals surface area contributed by atoms with Crippen molar-refractivity contribution in [1.29, 1.82) is 0 Å². The van der Waals surface area contributed by atoms with Crippen molar-refractivity contribution in [3.05, 3.63) is 30.2 Å². The Morgan fingerprint density at radius 3 is 3.06 bits per heavy atom. The molecule has 0 aliphatic carbocycles. The zero-order valence-corrected chi connectivity index (χ0v) is 9.94. The van der Waals surface area contributed by atoms with Crippen molar-refractivity contribution < 1.29 is 18.8 Å². The molecule has 0 amide bonds. The SMILES string of the molecule is CC(SCc1cc(-c2ccco2)on1)C(=O)O. The molecule has 0 bridgehead atoms. The van der Waals surface area contributed by atoms with Gasteiger partial charge in [0.1, 0.15) is 0 Å². The van der Waals surface area contributed by atoms with Gasteiger partial charge in [0.25, 0.3) is 0 Å². The van der Waals surface area contributed by atoms with E-state index in [9.17, 15) is 4.79 Å². The number of rotatable bonds is 5. The third kappa shape index (κ3) is 2.91. The Hall–Kier alpha value is -1.69. The molecule has 1 atom stereocenters. The summed E-state index contributed by atoms with van der Waals surface area (Å²) >= 11 is 1.30. The molecule has 6 heteroatoms. The molecule has 1 unspecified atom stereocenters. The van der Waals surface area contributed by atoms with Crippen LogP contribution in [0.3, 0.4) is 0 Å². The maximum Gasteiger partial charge on any atom is 0.316 e. The summed E-state index contributed by atoms with van der Waals surface area (Å²) in [4.78, 5) is 10.6. The maximum absolute atomic E-state index is 10.6. The van der Waals surface area contributed by atoms with Crippen molar-refractivity contribution in [3.8, 4) is 11.5 Å². The second kappa shape index (κ2) is 5.09. The molecule has 2 rings (SSSR count). The van der Waals surface area contributed by atoms with Crippen LogP contribution in [-0.4, -0.2) is 21.5 Å². The molecule has 2 aromatic heterocycles. The van der Waals surface area contributed by atoms with Gasteiger partial charge in [-0.1, -0.05) is 5.16 Å². The first-order valence-corrected chi connectivity index (χ1v) is 6.05. The smallest absolute Gasteiger partial charge is 0.316 e. The van der Waals surface area contributed by atoms with Crippen LogP contribution in [0.4, 0.5) is 0 Å². The van der Waals surface area contributed by atoms with Crippen molar-refractivity contribution in [2.45, 2.75) is 17.9 Å². The maximum atomic E-state index is 10.6. The average Bonchev–Trinajstić information content (AvgIpc) is 2.95. The number of carbonyl (C=O) groups is 1. The van der Waals surface area contributed by atoms with E-state index >= 15 is 0 Å². The minimum atomic E-state index is -0.829. The monoisotopic (exact) mass is 253 g/mol. The lowest BCUT2D eigenvalue weighted by atomic mass is 10.3. The zero-order chi connectivity index (χ0) is 12.3. The minimum Gasteiger partial charge on any atom is -0.480 e. The lowest BCUT2D eigenvalue weighted by Gasteiger charge is -2.02. The molecule has 0 spiro atoms. The van der Waals surface area contributed by atoms with Gasteiger partial charge in [0, 0.05) is 11.8 Å². The van der Waals surface area contributed by atoms with Crippen LogP contribution in [0.25, 0.3) is 11.5 Å². The van der Waals surface area contributed by atoms with Gasteiger partial charge in [0.05, 0.1) is 17.2 Å². The van der Waals surface area contributed by atoms with Gasteiger partial charge in [0.2, 0.25) is 5.76 Å². The molecule has 0 fully saturated rings. The topological polar surface area (TPSA) is 76.5 Å². The van der Waals surface area contributed by atoms with E-state index in [0.29, 0.717) is 23.0 Å². The summed E-state index contributed by atoms with van der Waals surface area (Å²) in [6.45, 7) is 1.64. The standard InChI is InChI=1S/C11H11NO4S/c1-7(11(13)14)17-6-8-5-10(16-12-8)9-3-2-4-15-9/h2-5,7H,6H2,1H3,(H,13,14). The Labute approximate surface area is 102 Å². The molecular weight excluding hydrogens is 242 g/mol. The molecule has 0 aromatic carbocycles. The van der Waals surface area contributed by atoms with E-state index in [0.717, 1.165) is 0 Å². The number of hydrogen-bond donors (Lipinski definition) is 1. The van der Waals surface area contributed by atoms with Crippen molar-refractivity contribution in [2.24, 2.45) is 0 Å². The quantitative estimate of drug-likeness (QED) is 0.882. The summed E-state index contributed by atoms with van der Waals surface area (Å²) in [7, 11) is 0. The summed E-state index contributed by atoms with van der Waals surface area (Å²) in [5.41, 5.74) is 0.703. The Morgan fingerprint density at radius 1 is 1.59 bits per heavy atom. The number of carboxylic acids is 1. The molecule has 17 heavy (non-hydrogen) atoms. The highest BCUT2D eigenvalue weighted by Crippen LogP contribution is 2.23. The molecule has 0 saturated carbocycles. The predicted octanol–water partition coefficient (Wildman–Crippen LogP) is 2.64. The summed E-state index contributed by atoms with van der Waals surface area (Å²) in [5, 5.41) is 12.1. The van der Waals surface area contributed by atoms with Gasteiger partial charge in [-0.05, 0) is 19.1 Å². The largest absolute Gasteiger partial charge is 0.480 e. The highest BCUT2D eigenvalue weighted by atomic mass is 32.2. The van der Waals surface area contributed by atoms with Gasteiger partial charge in [-0.3, -0.25) is 4.79 Å². The molecule has 2 heterocycles. The lowest BCUT2D eigenvalue weighted by molar-refractivity contribution is -0.136. The lowest BCUT2D eigenvalue weighted by Crippen LogP contribution is -2.11. The van der Waals surface area contributed by atoms with E-state index in [1.165, 1.54) is 11.8 Å². The average molecular weight is 253 g/mol.